The Bertz CT molecular complexity index is 935. The number of rotatable bonds is 4. The summed E-state index contributed by atoms with van der Waals surface area (Å²) < 4.78 is 7.03. The lowest BCUT2D eigenvalue weighted by Gasteiger charge is -2.09. The molecule has 1 aromatic heterocycles. The van der Waals surface area contributed by atoms with Crippen molar-refractivity contribution in [3.05, 3.63) is 65.4 Å². The topological polar surface area (TPSA) is 75.2 Å². The number of ether oxygens (including phenoxy) is 1. The molecule has 1 N–H and O–H groups in total. The molecule has 0 unspecified atom stereocenters. The summed E-state index contributed by atoms with van der Waals surface area (Å²) in [5, 5.41) is 19.3. The summed E-state index contributed by atoms with van der Waals surface area (Å²) >= 11 is 0. The van der Waals surface area contributed by atoms with E-state index in [2.05, 4.69) is 6.07 Å². The first-order valence-corrected chi connectivity index (χ1v) is 7.02. The van der Waals surface area contributed by atoms with Crippen LogP contribution in [0.15, 0.2) is 48.5 Å². The van der Waals surface area contributed by atoms with Gasteiger partial charge in [0.05, 0.1) is 24.3 Å². The number of carbonyl (C=O) groups is 1. The third-order valence-corrected chi connectivity index (χ3v) is 3.74. The molecular formula is C18H14N2O3. The third-order valence-electron chi connectivity index (χ3n) is 3.74. The second-order valence-electron chi connectivity index (χ2n) is 5.13. The number of methoxy groups -OCH3 is 1. The first-order chi connectivity index (χ1) is 11.1. The van der Waals surface area contributed by atoms with E-state index in [-0.39, 0.29) is 5.69 Å². The zero-order valence-electron chi connectivity index (χ0n) is 12.5. The largest absolute Gasteiger partial charge is 0.496 e. The van der Waals surface area contributed by atoms with E-state index in [1.807, 2.05) is 18.2 Å². The van der Waals surface area contributed by atoms with Crippen LogP contribution in [0.2, 0.25) is 0 Å². The molecule has 0 aliphatic rings. The molecule has 0 spiro atoms. The molecule has 3 aromatic rings. The van der Waals surface area contributed by atoms with Crippen LogP contribution in [0.3, 0.4) is 0 Å². The fourth-order valence-electron chi connectivity index (χ4n) is 2.70. The first-order valence-electron chi connectivity index (χ1n) is 7.02. The summed E-state index contributed by atoms with van der Waals surface area (Å²) in [6.45, 7) is 0.369. The van der Waals surface area contributed by atoms with Gasteiger partial charge in [0.15, 0.2) is 0 Å². The average molecular weight is 306 g/mol. The van der Waals surface area contributed by atoms with Crippen molar-refractivity contribution >= 4 is 16.9 Å². The zero-order chi connectivity index (χ0) is 16.4. The minimum absolute atomic E-state index is 0.187. The molecule has 1 heterocycles. The lowest BCUT2D eigenvalue weighted by Crippen LogP contribution is -2.09. The van der Waals surface area contributed by atoms with E-state index < -0.39 is 5.97 Å². The van der Waals surface area contributed by atoms with Crippen molar-refractivity contribution in [2.24, 2.45) is 0 Å². The molecule has 0 amide bonds. The second kappa shape index (κ2) is 5.85. The number of aromatic nitrogens is 1. The lowest BCUT2D eigenvalue weighted by molar-refractivity contribution is 0.0686. The van der Waals surface area contributed by atoms with Gasteiger partial charge in [0.1, 0.15) is 11.4 Å². The average Bonchev–Trinajstić information content (AvgIpc) is 2.94. The Morgan fingerprint density at radius 3 is 2.74 bits per heavy atom. The molecule has 0 bridgehead atoms. The van der Waals surface area contributed by atoms with E-state index in [1.54, 1.807) is 42.0 Å². The van der Waals surface area contributed by atoms with E-state index in [4.69, 9.17) is 10.00 Å². The van der Waals surface area contributed by atoms with Gasteiger partial charge in [-0.25, -0.2) is 4.79 Å². The molecule has 0 aliphatic carbocycles. The lowest BCUT2D eigenvalue weighted by atomic mass is 10.1. The normalized spacial score (nSPS) is 10.4. The van der Waals surface area contributed by atoms with Gasteiger partial charge in [-0.15, -0.1) is 0 Å². The molecule has 5 nitrogen and oxygen atoms in total. The number of hydrogen-bond acceptors (Lipinski definition) is 3. The van der Waals surface area contributed by atoms with E-state index in [0.717, 1.165) is 16.5 Å². The number of carboxylic acids is 1. The molecule has 3 rings (SSSR count). The van der Waals surface area contributed by atoms with Crippen molar-refractivity contribution in [3.8, 4) is 11.8 Å². The minimum Gasteiger partial charge on any atom is -0.496 e. The molecular weight excluding hydrogens is 292 g/mol. The van der Waals surface area contributed by atoms with Crippen LogP contribution in [0.25, 0.3) is 10.9 Å². The van der Waals surface area contributed by atoms with Crippen LogP contribution in [0.5, 0.6) is 5.75 Å². The Morgan fingerprint density at radius 2 is 2.04 bits per heavy atom. The predicted octanol–water partition coefficient (Wildman–Crippen LogP) is 3.27. The molecule has 114 valence electrons. The molecule has 0 saturated heterocycles. The van der Waals surface area contributed by atoms with Gasteiger partial charge in [0, 0.05) is 11.9 Å². The van der Waals surface area contributed by atoms with Crippen LogP contribution in [0.1, 0.15) is 21.6 Å². The van der Waals surface area contributed by atoms with E-state index in [9.17, 15) is 9.90 Å². The van der Waals surface area contributed by atoms with Gasteiger partial charge in [-0.2, -0.15) is 5.26 Å². The molecule has 0 aliphatic heterocycles. The predicted molar refractivity (Wildman–Crippen MR) is 85.7 cm³/mol. The van der Waals surface area contributed by atoms with Gasteiger partial charge < -0.3 is 14.4 Å². The number of hydrogen-bond donors (Lipinski definition) is 1. The van der Waals surface area contributed by atoms with Crippen molar-refractivity contribution in [1.82, 2.24) is 4.57 Å². The Kier molecular flexibility index (Phi) is 3.73. The smallest absolute Gasteiger partial charge is 0.352 e. The molecule has 0 saturated carbocycles. The molecule has 0 fully saturated rings. The highest BCUT2D eigenvalue weighted by Gasteiger charge is 2.17. The summed E-state index contributed by atoms with van der Waals surface area (Å²) in [6.07, 6.45) is 0. The van der Waals surface area contributed by atoms with Crippen molar-refractivity contribution in [1.29, 1.82) is 5.26 Å². The monoisotopic (exact) mass is 306 g/mol. The number of nitriles is 1. The summed E-state index contributed by atoms with van der Waals surface area (Å²) in [4.78, 5) is 11.6. The van der Waals surface area contributed by atoms with Gasteiger partial charge in [-0.3, -0.25) is 0 Å². The fourth-order valence-corrected chi connectivity index (χ4v) is 2.70. The van der Waals surface area contributed by atoms with Crippen molar-refractivity contribution in [3.63, 3.8) is 0 Å². The SMILES string of the molecule is COc1cccc2c1cc(C(=O)O)n2Cc1cccc(C#N)c1. The number of nitrogens with zero attached hydrogens (tertiary/aromatic N) is 2. The molecule has 0 atom stereocenters. The number of benzene rings is 2. The van der Waals surface area contributed by atoms with E-state index >= 15 is 0 Å². The summed E-state index contributed by atoms with van der Waals surface area (Å²) in [7, 11) is 1.56. The quantitative estimate of drug-likeness (QED) is 0.802. The summed E-state index contributed by atoms with van der Waals surface area (Å²) in [6, 6.07) is 16.3. The maximum Gasteiger partial charge on any atom is 0.352 e. The van der Waals surface area contributed by atoms with E-state index in [1.165, 1.54) is 0 Å². The van der Waals surface area contributed by atoms with Crippen molar-refractivity contribution < 1.29 is 14.6 Å². The van der Waals surface area contributed by atoms with Gasteiger partial charge in [0.25, 0.3) is 0 Å². The first kappa shape index (κ1) is 14.7. The summed E-state index contributed by atoms with van der Waals surface area (Å²) in [5.41, 5.74) is 2.39. The van der Waals surface area contributed by atoms with Crippen LogP contribution in [-0.4, -0.2) is 22.8 Å². The van der Waals surface area contributed by atoms with Gasteiger partial charge in [0.2, 0.25) is 0 Å². The maximum absolute atomic E-state index is 11.6. The highest BCUT2D eigenvalue weighted by Crippen LogP contribution is 2.29. The summed E-state index contributed by atoms with van der Waals surface area (Å²) in [5.74, 6) is -0.366. The Balaban J connectivity index is 2.17. The van der Waals surface area contributed by atoms with Crippen LogP contribution in [-0.2, 0) is 6.54 Å². The van der Waals surface area contributed by atoms with Crippen molar-refractivity contribution in [2.75, 3.05) is 7.11 Å². The fraction of sp³-hybridized carbons (Fsp3) is 0.111. The van der Waals surface area contributed by atoms with Crippen LogP contribution >= 0.6 is 0 Å². The highest BCUT2D eigenvalue weighted by atomic mass is 16.5. The third kappa shape index (κ3) is 2.62. The Labute approximate surface area is 133 Å². The van der Waals surface area contributed by atoms with Crippen molar-refractivity contribution in [2.45, 2.75) is 6.54 Å². The Hall–Kier alpha value is -3.26. The van der Waals surface area contributed by atoms with E-state index in [0.29, 0.717) is 17.9 Å². The number of carboxylic acid groups (broad SMARTS) is 1. The van der Waals surface area contributed by atoms with Crippen LogP contribution < -0.4 is 4.74 Å². The van der Waals surface area contributed by atoms with Crippen LogP contribution in [0.4, 0.5) is 0 Å². The standard InChI is InChI=1S/C18H14N2O3/c1-23-17-7-3-6-15-14(17)9-16(18(21)22)20(15)11-13-5-2-4-12(8-13)10-19/h2-9H,11H2,1H3,(H,21,22). The van der Waals surface area contributed by atoms with Crippen LogP contribution in [0, 0.1) is 11.3 Å². The Morgan fingerprint density at radius 1 is 1.26 bits per heavy atom. The highest BCUT2D eigenvalue weighted by molar-refractivity contribution is 5.97. The number of aromatic carboxylic acids is 1. The van der Waals surface area contributed by atoms with Gasteiger partial charge >= 0.3 is 5.97 Å². The molecule has 2 aromatic carbocycles. The van der Waals surface area contributed by atoms with Gasteiger partial charge in [-0.05, 0) is 35.9 Å². The zero-order valence-corrected chi connectivity index (χ0v) is 12.5. The minimum atomic E-state index is -1.00. The molecule has 0 radical (unpaired) electrons. The van der Waals surface area contributed by atoms with Gasteiger partial charge in [-0.1, -0.05) is 18.2 Å². The maximum atomic E-state index is 11.6. The molecule has 23 heavy (non-hydrogen) atoms. The second-order valence-corrected chi connectivity index (χ2v) is 5.13. The number of fused-ring (bicyclic) bond motifs is 1. The molecule has 5 heteroatoms.